The Balaban J connectivity index is 1.11. The van der Waals surface area contributed by atoms with Gasteiger partial charge < -0.3 is 19.1 Å². The first kappa shape index (κ1) is 43.1. The Bertz CT molecular complexity index is 4100. The van der Waals surface area contributed by atoms with E-state index in [0.29, 0.717) is 7.28 Å². The van der Waals surface area contributed by atoms with Gasteiger partial charge in [0.2, 0.25) is 7.28 Å². The summed E-state index contributed by atoms with van der Waals surface area (Å²) in [4.78, 5) is 2.60. The van der Waals surface area contributed by atoms with E-state index in [0.717, 1.165) is 87.2 Å². The van der Waals surface area contributed by atoms with Crippen molar-refractivity contribution in [1.29, 1.82) is 0 Å². The number of nitrogens with one attached hydrogen (secondary N) is 1. The van der Waals surface area contributed by atoms with E-state index in [-0.39, 0.29) is 21.7 Å². The molecule has 0 unspecified atom stereocenters. The maximum atomic E-state index is 7.40. The molecule has 3 aromatic heterocycles. The first-order chi connectivity index (χ1) is 34.0. The minimum Gasteiger partial charge on any atom is -0.469 e. The summed E-state index contributed by atoms with van der Waals surface area (Å²) in [5.41, 5.74) is 20.0. The predicted molar refractivity (Wildman–Crippen MR) is 305 cm³/mol. The molecule has 3 aliphatic rings. The summed E-state index contributed by atoms with van der Waals surface area (Å²) in [6, 6.07) is 50.1. The summed E-state index contributed by atoms with van der Waals surface area (Å²) in [6.45, 7) is 21.8. The highest BCUT2D eigenvalue weighted by Gasteiger charge is 2.43. The highest BCUT2D eigenvalue weighted by molar-refractivity contribution is 7.26. The quantitative estimate of drug-likeness (QED) is 0.179. The van der Waals surface area contributed by atoms with Crippen molar-refractivity contribution in [2.24, 2.45) is 0 Å². The van der Waals surface area contributed by atoms with Crippen LogP contribution in [0.25, 0.3) is 75.0 Å². The molecule has 2 aliphatic carbocycles. The first-order valence-electron chi connectivity index (χ1n) is 25.8. The van der Waals surface area contributed by atoms with Crippen molar-refractivity contribution < 1.29 is 8.83 Å². The number of benzene rings is 8. The van der Waals surface area contributed by atoms with Gasteiger partial charge in [-0.3, -0.25) is 0 Å². The van der Waals surface area contributed by atoms with Crippen molar-refractivity contribution >= 4 is 122 Å². The van der Waals surface area contributed by atoms with Gasteiger partial charge in [-0.1, -0.05) is 128 Å². The van der Waals surface area contributed by atoms with Gasteiger partial charge in [0, 0.05) is 59.0 Å². The van der Waals surface area contributed by atoms with Crippen molar-refractivity contribution in [3.8, 4) is 11.1 Å². The molecule has 8 aromatic carbocycles. The van der Waals surface area contributed by atoms with E-state index in [2.05, 4.69) is 206 Å². The Morgan fingerprint density at radius 2 is 1.13 bits per heavy atom. The predicted octanol–water partition coefficient (Wildman–Crippen LogP) is 17.4. The molecule has 1 N–H and O–H groups in total. The summed E-state index contributed by atoms with van der Waals surface area (Å²) in [5.74, 6) is 0. The van der Waals surface area contributed by atoms with Crippen LogP contribution in [-0.2, 0) is 21.7 Å². The van der Waals surface area contributed by atoms with Crippen LogP contribution in [0.2, 0.25) is 0 Å². The van der Waals surface area contributed by atoms with Crippen LogP contribution in [-0.4, -0.2) is 7.28 Å². The van der Waals surface area contributed by atoms with Gasteiger partial charge >= 0.3 is 0 Å². The van der Waals surface area contributed by atoms with Crippen LogP contribution in [0.3, 0.4) is 0 Å². The van der Waals surface area contributed by atoms with Crippen LogP contribution < -0.4 is 21.3 Å². The summed E-state index contributed by atoms with van der Waals surface area (Å²) >= 11 is 1.86. The van der Waals surface area contributed by atoms with E-state index in [1.807, 2.05) is 11.3 Å². The molecule has 11 aromatic rings. The number of nitrogens with zero attached hydrogens (tertiary/aromatic N) is 1. The largest absolute Gasteiger partial charge is 0.469 e. The lowest BCUT2D eigenvalue weighted by Crippen LogP contribution is -2.40. The summed E-state index contributed by atoms with van der Waals surface area (Å²) in [6.07, 6.45) is 4.58. The Kier molecular flexibility index (Phi) is 8.90. The second-order valence-electron chi connectivity index (χ2n) is 23.9. The molecule has 71 heavy (non-hydrogen) atoms. The smallest absolute Gasteiger partial charge is 0.245 e. The molecule has 0 fully saturated rings. The minimum absolute atomic E-state index is 0.000721. The molecule has 4 nitrogen and oxygen atoms in total. The van der Waals surface area contributed by atoms with Crippen molar-refractivity contribution in [3.05, 3.63) is 161 Å². The lowest BCUT2D eigenvalue weighted by Gasteiger charge is -2.43. The van der Waals surface area contributed by atoms with Gasteiger partial charge in [0.05, 0.1) is 17.0 Å². The normalized spacial score (nSPS) is 17.4. The number of aryl methyl sites for hydroxylation is 1. The van der Waals surface area contributed by atoms with Crippen LogP contribution >= 0.6 is 11.3 Å². The second-order valence-corrected chi connectivity index (χ2v) is 25.0. The van der Waals surface area contributed by atoms with E-state index in [4.69, 9.17) is 8.83 Å². The molecule has 0 saturated carbocycles. The molecule has 0 spiro atoms. The topological polar surface area (TPSA) is 41.6 Å². The third-order valence-corrected chi connectivity index (χ3v) is 18.6. The van der Waals surface area contributed by atoms with Gasteiger partial charge in [0.15, 0.2) is 5.58 Å². The number of thiophene rings is 1. The molecular formula is C65H59BN2O2S. The van der Waals surface area contributed by atoms with Crippen molar-refractivity contribution in [3.63, 3.8) is 0 Å². The average molecular weight is 943 g/mol. The fourth-order valence-electron chi connectivity index (χ4n) is 13.2. The fourth-order valence-corrected chi connectivity index (χ4v) is 14.3. The molecule has 14 rings (SSSR count). The summed E-state index contributed by atoms with van der Waals surface area (Å²) < 4.78 is 17.2. The van der Waals surface area contributed by atoms with Crippen LogP contribution in [0.15, 0.2) is 142 Å². The number of hydrogen-bond acceptors (Lipinski definition) is 5. The highest BCUT2D eigenvalue weighted by Crippen LogP contribution is 2.55. The van der Waals surface area contributed by atoms with Gasteiger partial charge in [0.1, 0.15) is 11.2 Å². The third kappa shape index (κ3) is 6.29. The zero-order valence-corrected chi connectivity index (χ0v) is 43.2. The zero-order chi connectivity index (χ0) is 48.5. The van der Waals surface area contributed by atoms with E-state index >= 15 is 0 Å². The van der Waals surface area contributed by atoms with Crippen molar-refractivity contribution in [1.82, 2.24) is 0 Å². The highest BCUT2D eigenvalue weighted by atomic mass is 32.1. The van der Waals surface area contributed by atoms with Crippen molar-refractivity contribution in [2.75, 3.05) is 10.2 Å². The molecular weight excluding hydrogens is 884 g/mol. The number of hydrogen-bond donors (Lipinski definition) is 1. The lowest BCUT2D eigenvalue weighted by atomic mass is 9.60. The molecule has 0 radical (unpaired) electrons. The SMILES string of the molecule is Cc1cc2c(cc1N1c3c(oc4cc5c(cc34)C(C)(C)CCC5(C)C)Bc3c(-c4cc5ccccc5cc4Nc4cccc5sc6ccccc6c45)cc4c(oc5ccccc54)c31)C(C)(C)CCC2(C)C. The second kappa shape index (κ2) is 14.7. The number of para-hydroxylation sites is 1. The number of fused-ring (bicyclic) bond motifs is 14. The standard InChI is InChI=1S/C65H59BN2O2S/c1-36-29-45-47(64(6,7)27-25-62(45,2)3)34-51(36)68-58-44-33-46-48(65(8,9)28-26-63(46,4)5)35-53(44)70-61(58)66-57-42(32-43-39-19-12-14-22-52(39)69-60(43)59(57)68)41-30-37-17-10-11-18-38(37)31-50(41)67-49-21-16-24-55-56(49)40-20-13-15-23-54(40)71-55/h10-24,29-35,66-67H,25-28H2,1-9H3. The Morgan fingerprint density at radius 1 is 0.507 bits per heavy atom. The van der Waals surface area contributed by atoms with E-state index in [9.17, 15) is 0 Å². The average Bonchev–Trinajstić information content (AvgIpc) is 4.05. The molecule has 0 atom stereocenters. The molecule has 6 heteroatoms. The van der Waals surface area contributed by atoms with Crippen LogP contribution in [0.4, 0.5) is 28.4 Å². The molecule has 350 valence electrons. The van der Waals surface area contributed by atoms with Crippen LogP contribution in [0.1, 0.15) is 109 Å². The van der Waals surface area contributed by atoms with E-state index in [1.165, 1.54) is 80.9 Å². The molecule has 0 saturated heterocycles. The van der Waals surface area contributed by atoms with Crippen LogP contribution in [0, 0.1) is 6.92 Å². The van der Waals surface area contributed by atoms with Gasteiger partial charge in [0.25, 0.3) is 0 Å². The third-order valence-electron chi connectivity index (χ3n) is 17.5. The number of furan rings is 2. The van der Waals surface area contributed by atoms with Crippen LogP contribution in [0.5, 0.6) is 0 Å². The lowest BCUT2D eigenvalue weighted by molar-refractivity contribution is 0.332. The fraction of sp³-hybridized carbons (Fsp3) is 0.262. The minimum atomic E-state index is 0.000721. The molecule has 0 amide bonds. The van der Waals surface area contributed by atoms with Gasteiger partial charge in [-0.2, -0.15) is 0 Å². The first-order valence-corrected chi connectivity index (χ1v) is 26.6. The molecule has 0 bridgehead atoms. The van der Waals surface area contributed by atoms with Crippen molar-refractivity contribution in [2.45, 2.75) is 110 Å². The van der Waals surface area contributed by atoms with Gasteiger partial charge in [-0.05, 0) is 165 Å². The molecule has 4 heterocycles. The van der Waals surface area contributed by atoms with E-state index in [1.54, 1.807) is 0 Å². The monoisotopic (exact) mass is 942 g/mol. The summed E-state index contributed by atoms with van der Waals surface area (Å²) in [7, 11) is 0.606. The summed E-state index contributed by atoms with van der Waals surface area (Å²) in [5, 5.41) is 12.4. The number of anilines is 5. The Hall–Kier alpha value is -6.76. The Morgan fingerprint density at radius 3 is 1.87 bits per heavy atom. The maximum Gasteiger partial charge on any atom is 0.245 e. The van der Waals surface area contributed by atoms with E-state index < -0.39 is 0 Å². The van der Waals surface area contributed by atoms with Gasteiger partial charge in [-0.25, -0.2) is 0 Å². The molecule has 1 aliphatic heterocycles. The zero-order valence-electron chi connectivity index (χ0n) is 42.4. The van der Waals surface area contributed by atoms with Gasteiger partial charge in [-0.15, -0.1) is 11.3 Å². The Labute approximate surface area is 420 Å². The maximum absolute atomic E-state index is 7.40. The number of rotatable bonds is 4.